The summed E-state index contributed by atoms with van der Waals surface area (Å²) in [4.78, 5) is 26.4. The van der Waals surface area contributed by atoms with Crippen molar-refractivity contribution in [3.63, 3.8) is 0 Å². The average Bonchev–Trinajstić information content (AvgIpc) is 2.77. The minimum atomic E-state index is -0.525. The van der Waals surface area contributed by atoms with E-state index in [1.807, 2.05) is 56.3 Å². The lowest BCUT2D eigenvalue weighted by Gasteiger charge is -2.20. The average molecular weight is 373 g/mol. The van der Waals surface area contributed by atoms with Crippen molar-refractivity contribution in [1.82, 2.24) is 0 Å². The first kappa shape index (κ1) is 15.7. The number of para-hydroxylation sites is 1. The number of carbonyl (C=O) groups excluding carboxylic acids is 2. The summed E-state index contributed by atoms with van der Waals surface area (Å²) in [5.41, 5.74) is 3.39. The predicted molar refractivity (Wildman–Crippen MR) is 94.6 cm³/mol. The molecule has 118 valence electrons. The fourth-order valence-corrected chi connectivity index (χ4v) is 3.15. The molecule has 2 aromatic rings. The molecule has 1 saturated heterocycles. The summed E-state index contributed by atoms with van der Waals surface area (Å²) >= 11 is 3.38. The number of hydrogen-bond donors (Lipinski definition) is 1. The largest absolute Gasteiger partial charge is 0.373 e. The van der Waals surface area contributed by atoms with Crippen LogP contribution in [0.4, 0.5) is 11.4 Å². The molecule has 0 aromatic heterocycles. The van der Waals surface area contributed by atoms with Crippen molar-refractivity contribution in [1.29, 1.82) is 0 Å². The first-order chi connectivity index (χ1) is 11.0. The van der Waals surface area contributed by atoms with Crippen molar-refractivity contribution in [2.45, 2.75) is 26.3 Å². The Bertz CT molecular complexity index is 751. The van der Waals surface area contributed by atoms with Gasteiger partial charge in [0.05, 0.1) is 12.1 Å². The van der Waals surface area contributed by atoms with E-state index in [0.29, 0.717) is 5.69 Å². The normalized spacial score (nSPS) is 17.7. The van der Waals surface area contributed by atoms with E-state index in [4.69, 9.17) is 0 Å². The van der Waals surface area contributed by atoms with Gasteiger partial charge in [-0.25, -0.2) is 4.90 Å². The van der Waals surface area contributed by atoms with E-state index in [0.717, 1.165) is 21.3 Å². The zero-order valence-electron chi connectivity index (χ0n) is 13.0. The molecule has 23 heavy (non-hydrogen) atoms. The number of nitrogens with zero attached hydrogens (tertiary/aromatic N) is 1. The molecule has 0 bridgehead atoms. The zero-order chi connectivity index (χ0) is 16.6. The third kappa shape index (κ3) is 3.01. The van der Waals surface area contributed by atoms with E-state index in [9.17, 15) is 9.59 Å². The van der Waals surface area contributed by atoms with Gasteiger partial charge in [-0.2, -0.15) is 0 Å². The Morgan fingerprint density at radius 2 is 1.65 bits per heavy atom. The van der Waals surface area contributed by atoms with Crippen LogP contribution in [-0.4, -0.2) is 17.9 Å². The standard InChI is InChI=1S/C18H17BrN2O2/c1-11-4-3-5-12(2)17(11)21-16(22)10-15(18(21)23)20-14-8-6-13(19)7-9-14/h3-9,15,20H,10H2,1-2H3/t15-/m0/s1. The molecule has 1 fully saturated rings. The summed E-state index contributed by atoms with van der Waals surface area (Å²) in [6.07, 6.45) is 0.169. The fourth-order valence-electron chi connectivity index (χ4n) is 2.89. The molecule has 5 heteroatoms. The van der Waals surface area contributed by atoms with E-state index in [-0.39, 0.29) is 18.2 Å². The predicted octanol–water partition coefficient (Wildman–Crippen LogP) is 3.81. The Balaban J connectivity index is 1.87. The maximum absolute atomic E-state index is 12.7. The van der Waals surface area contributed by atoms with Crippen LogP contribution < -0.4 is 10.2 Å². The molecule has 3 rings (SSSR count). The topological polar surface area (TPSA) is 49.4 Å². The molecule has 0 aliphatic carbocycles. The molecule has 2 aromatic carbocycles. The second-order valence-electron chi connectivity index (χ2n) is 5.72. The second-order valence-corrected chi connectivity index (χ2v) is 6.63. The molecule has 1 heterocycles. The number of nitrogens with one attached hydrogen (secondary N) is 1. The van der Waals surface area contributed by atoms with Crippen molar-refractivity contribution < 1.29 is 9.59 Å². The van der Waals surface area contributed by atoms with E-state index in [1.54, 1.807) is 0 Å². The number of aryl methyl sites for hydroxylation is 2. The van der Waals surface area contributed by atoms with E-state index in [2.05, 4.69) is 21.2 Å². The summed E-state index contributed by atoms with van der Waals surface area (Å²) in [6.45, 7) is 3.83. The molecule has 0 radical (unpaired) electrons. The third-order valence-electron chi connectivity index (χ3n) is 3.99. The smallest absolute Gasteiger partial charge is 0.256 e. The van der Waals surface area contributed by atoms with Crippen molar-refractivity contribution in [3.05, 3.63) is 58.1 Å². The summed E-state index contributed by atoms with van der Waals surface area (Å²) in [7, 11) is 0. The van der Waals surface area contributed by atoms with Crippen LogP contribution in [0.3, 0.4) is 0 Å². The number of rotatable bonds is 3. The van der Waals surface area contributed by atoms with Gasteiger partial charge >= 0.3 is 0 Å². The molecule has 0 saturated carbocycles. The van der Waals surface area contributed by atoms with Crippen LogP contribution in [0.5, 0.6) is 0 Å². The Morgan fingerprint density at radius 3 is 2.26 bits per heavy atom. The molecular weight excluding hydrogens is 356 g/mol. The molecule has 1 N–H and O–H groups in total. The number of halogens is 1. The number of hydrogen-bond acceptors (Lipinski definition) is 3. The highest BCUT2D eigenvalue weighted by atomic mass is 79.9. The highest BCUT2D eigenvalue weighted by Gasteiger charge is 2.40. The van der Waals surface area contributed by atoms with Crippen molar-refractivity contribution in [2.24, 2.45) is 0 Å². The number of benzene rings is 2. The lowest BCUT2D eigenvalue weighted by molar-refractivity contribution is -0.121. The number of anilines is 2. The third-order valence-corrected chi connectivity index (χ3v) is 4.52. The van der Waals surface area contributed by atoms with Crippen LogP contribution in [0.15, 0.2) is 46.9 Å². The number of carbonyl (C=O) groups is 2. The minimum absolute atomic E-state index is 0.165. The van der Waals surface area contributed by atoms with Gasteiger partial charge in [0.15, 0.2) is 0 Å². The Labute approximate surface area is 143 Å². The first-order valence-corrected chi connectivity index (χ1v) is 8.22. The first-order valence-electron chi connectivity index (χ1n) is 7.42. The van der Waals surface area contributed by atoms with Gasteiger partial charge in [-0.3, -0.25) is 9.59 Å². The van der Waals surface area contributed by atoms with Gasteiger partial charge in [0.25, 0.3) is 5.91 Å². The fraction of sp³-hybridized carbons (Fsp3) is 0.222. The SMILES string of the molecule is Cc1cccc(C)c1N1C(=O)C[C@H](Nc2ccc(Br)cc2)C1=O. The van der Waals surface area contributed by atoms with Crippen LogP contribution in [0.2, 0.25) is 0 Å². The lowest BCUT2D eigenvalue weighted by Crippen LogP contribution is -2.35. The van der Waals surface area contributed by atoms with Gasteiger partial charge in [0, 0.05) is 10.2 Å². The van der Waals surface area contributed by atoms with E-state index < -0.39 is 6.04 Å². The summed E-state index contributed by atoms with van der Waals surface area (Å²) in [5.74, 6) is -0.364. The van der Waals surface area contributed by atoms with Gasteiger partial charge < -0.3 is 5.32 Å². The van der Waals surface area contributed by atoms with Gasteiger partial charge in [0.2, 0.25) is 5.91 Å². The van der Waals surface area contributed by atoms with E-state index in [1.165, 1.54) is 4.90 Å². The minimum Gasteiger partial charge on any atom is -0.373 e. The molecule has 1 atom stereocenters. The molecule has 1 aliphatic heterocycles. The summed E-state index contributed by atoms with van der Waals surface area (Å²) in [5, 5.41) is 3.15. The highest BCUT2D eigenvalue weighted by molar-refractivity contribution is 9.10. The molecule has 0 spiro atoms. The van der Waals surface area contributed by atoms with Gasteiger partial charge in [-0.15, -0.1) is 0 Å². The van der Waals surface area contributed by atoms with Gasteiger partial charge in [-0.05, 0) is 49.2 Å². The number of amides is 2. The molecular formula is C18H17BrN2O2. The summed E-state index contributed by atoms with van der Waals surface area (Å²) < 4.78 is 0.967. The Morgan fingerprint density at radius 1 is 1.04 bits per heavy atom. The molecule has 0 unspecified atom stereocenters. The van der Waals surface area contributed by atoms with Crippen LogP contribution in [0.1, 0.15) is 17.5 Å². The van der Waals surface area contributed by atoms with Crippen LogP contribution >= 0.6 is 15.9 Å². The maximum atomic E-state index is 12.7. The van der Waals surface area contributed by atoms with Crippen molar-refractivity contribution in [2.75, 3.05) is 10.2 Å². The van der Waals surface area contributed by atoms with Crippen molar-refractivity contribution in [3.8, 4) is 0 Å². The molecule has 4 nitrogen and oxygen atoms in total. The van der Waals surface area contributed by atoms with Crippen LogP contribution in [0, 0.1) is 13.8 Å². The quantitative estimate of drug-likeness (QED) is 0.833. The van der Waals surface area contributed by atoms with Crippen LogP contribution in [0.25, 0.3) is 0 Å². The zero-order valence-corrected chi connectivity index (χ0v) is 14.6. The van der Waals surface area contributed by atoms with Gasteiger partial charge in [0.1, 0.15) is 6.04 Å². The van der Waals surface area contributed by atoms with Gasteiger partial charge in [-0.1, -0.05) is 34.1 Å². The number of imide groups is 1. The van der Waals surface area contributed by atoms with Crippen LogP contribution in [-0.2, 0) is 9.59 Å². The lowest BCUT2D eigenvalue weighted by atomic mass is 10.1. The Kier molecular flexibility index (Phi) is 4.22. The van der Waals surface area contributed by atoms with E-state index >= 15 is 0 Å². The molecule has 1 aliphatic rings. The maximum Gasteiger partial charge on any atom is 0.256 e. The monoisotopic (exact) mass is 372 g/mol. The highest BCUT2D eigenvalue weighted by Crippen LogP contribution is 2.30. The summed E-state index contributed by atoms with van der Waals surface area (Å²) in [6, 6.07) is 12.8. The molecule has 2 amide bonds. The Hall–Kier alpha value is -2.14. The van der Waals surface area contributed by atoms with Crippen molar-refractivity contribution >= 4 is 39.1 Å². The second kappa shape index (κ2) is 6.16.